The smallest absolute Gasteiger partial charge is 0.267 e. The van der Waals surface area contributed by atoms with Gasteiger partial charge < -0.3 is 0 Å². The number of nitrogens with zero attached hydrogens (tertiary/aromatic N) is 2. The monoisotopic (exact) mass is 358 g/mol. The number of rotatable bonds is 3. The Bertz CT molecular complexity index is 737. The standard InChI is InChI=1S/C20H23ClN2O2/c1-5-22(18(24)15-9-7-6-8-10-15)23(20(2,3)4)19(25)16-11-13-17(21)14-12-16/h6-14H,5H2,1-4H3. The molecule has 0 aliphatic rings. The molecule has 0 fully saturated rings. The third-order valence-corrected chi connectivity index (χ3v) is 3.97. The quantitative estimate of drug-likeness (QED) is 0.749. The van der Waals surface area contributed by atoms with Gasteiger partial charge in [0.25, 0.3) is 11.8 Å². The van der Waals surface area contributed by atoms with Crippen LogP contribution in [0.25, 0.3) is 0 Å². The van der Waals surface area contributed by atoms with Gasteiger partial charge in [-0.15, -0.1) is 0 Å². The number of hydrazine groups is 1. The molecular weight excluding hydrogens is 336 g/mol. The Hall–Kier alpha value is -2.33. The molecule has 2 aromatic rings. The van der Waals surface area contributed by atoms with Crippen LogP contribution in [-0.4, -0.2) is 33.9 Å². The van der Waals surface area contributed by atoms with Crippen molar-refractivity contribution in [3.63, 3.8) is 0 Å². The van der Waals surface area contributed by atoms with E-state index in [1.165, 1.54) is 10.0 Å². The first-order valence-electron chi connectivity index (χ1n) is 8.22. The number of amides is 2. The molecule has 0 atom stereocenters. The average Bonchev–Trinajstić information content (AvgIpc) is 2.58. The van der Waals surface area contributed by atoms with Crippen LogP contribution in [0.4, 0.5) is 0 Å². The maximum Gasteiger partial charge on any atom is 0.272 e. The van der Waals surface area contributed by atoms with Gasteiger partial charge in [-0.3, -0.25) is 9.59 Å². The zero-order valence-corrected chi connectivity index (χ0v) is 15.7. The molecule has 0 bridgehead atoms. The topological polar surface area (TPSA) is 40.6 Å². The third kappa shape index (κ3) is 4.40. The van der Waals surface area contributed by atoms with E-state index in [0.717, 1.165) is 0 Å². The van der Waals surface area contributed by atoms with Crippen LogP contribution in [0.2, 0.25) is 5.02 Å². The summed E-state index contributed by atoms with van der Waals surface area (Å²) in [5, 5.41) is 3.57. The Morgan fingerprint density at radius 2 is 1.40 bits per heavy atom. The molecule has 0 saturated carbocycles. The molecule has 0 heterocycles. The van der Waals surface area contributed by atoms with E-state index in [0.29, 0.717) is 22.7 Å². The van der Waals surface area contributed by atoms with E-state index in [2.05, 4.69) is 0 Å². The minimum Gasteiger partial charge on any atom is -0.267 e. The molecule has 0 unspecified atom stereocenters. The van der Waals surface area contributed by atoms with Crippen LogP contribution in [0, 0.1) is 0 Å². The second kappa shape index (κ2) is 7.70. The van der Waals surface area contributed by atoms with Crippen molar-refractivity contribution in [3.8, 4) is 0 Å². The van der Waals surface area contributed by atoms with Crippen LogP contribution in [-0.2, 0) is 0 Å². The van der Waals surface area contributed by atoms with Crippen molar-refractivity contribution in [2.75, 3.05) is 6.54 Å². The molecule has 2 rings (SSSR count). The normalized spacial score (nSPS) is 11.1. The lowest BCUT2D eigenvalue weighted by Gasteiger charge is -2.43. The number of hydrogen-bond acceptors (Lipinski definition) is 2. The van der Waals surface area contributed by atoms with Crippen molar-refractivity contribution < 1.29 is 9.59 Å². The molecule has 0 saturated heterocycles. The minimum absolute atomic E-state index is 0.208. The van der Waals surface area contributed by atoms with Gasteiger partial charge >= 0.3 is 0 Å². The second-order valence-electron chi connectivity index (χ2n) is 6.68. The summed E-state index contributed by atoms with van der Waals surface area (Å²) in [5.74, 6) is -0.448. The summed E-state index contributed by atoms with van der Waals surface area (Å²) in [6, 6.07) is 15.7. The summed E-state index contributed by atoms with van der Waals surface area (Å²) in [5.41, 5.74) is 0.457. The first kappa shape index (κ1) is 19.0. The molecule has 4 nitrogen and oxygen atoms in total. The number of benzene rings is 2. The van der Waals surface area contributed by atoms with Crippen LogP contribution in [0.1, 0.15) is 48.4 Å². The molecule has 2 amide bonds. The highest BCUT2D eigenvalue weighted by Crippen LogP contribution is 2.23. The fourth-order valence-corrected chi connectivity index (χ4v) is 2.72. The number of hydrogen-bond donors (Lipinski definition) is 0. The van der Waals surface area contributed by atoms with Gasteiger partial charge in [-0.1, -0.05) is 29.8 Å². The van der Waals surface area contributed by atoms with E-state index in [9.17, 15) is 9.59 Å². The number of carbonyl (C=O) groups excluding carboxylic acids is 2. The average molecular weight is 359 g/mol. The van der Waals surface area contributed by atoms with E-state index < -0.39 is 5.54 Å². The highest BCUT2D eigenvalue weighted by Gasteiger charge is 2.35. The summed E-state index contributed by atoms with van der Waals surface area (Å²) < 4.78 is 0. The van der Waals surface area contributed by atoms with Gasteiger partial charge in [0.1, 0.15) is 0 Å². The summed E-state index contributed by atoms with van der Waals surface area (Å²) >= 11 is 5.92. The summed E-state index contributed by atoms with van der Waals surface area (Å²) in [6.45, 7) is 7.95. The molecule has 0 aliphatic heterocycles. The van der Waals surface area contributed by atoms with Gasteiger partial charge in [0, 0.05) is 22.7 Å². The fourth-order valence-electron chi connectivity index (χ4n) is 2.60. The predicted octanol–water partition coefficient (Wildman–Crippen LogP) is 4.66. The van der Waals surface area contributed by atoms with E-state index in [4.69, 9.17) is 11.6 Å². The first-order chi connectivity index (χ1) is 11.8. The van der Waals surface area contributed by atoms with Gasteiger partial charge in [-0.2, -0.15) is 0 Å². The summed E-state index contributed by atoms with van der Waals surface area (Å²) in [7, 11) is 0. The summed E-state index contributed by atoms with van der Waals surface area (Å²) in [6.07, 6.45) is 0. The Morgan fingerprint density at radius 3 is 1.88 bits per heavy atom. The SMILES string of the molecule is CCN(C(=O)c1ccccc1)N(C(=O)c1ccc(Cl)cc1)C(C)(C)C. The van der Waals surface area contributed by atoms with Gasteiger partial charge in [0.15, 0.2) is 0 Å². The highest BCUT2D eigenvalue weighted by molar-refractivity contribution is 6.30. The van der Waals surface area contributed by atoms with Crippen LogP contribution in [0.5, 0.6) is 0 Å². The minimum atomic E-state index is -0.572. The Kier molecular flexibility index (Phi) is 5.85. The maximum absolute atomic E-state index is 13.1. The molecule has 0 aromatic heterocycles. The van der Waals surface area contributed by atoms with Gasteiger partial charge in [-0.05, 0) is 64.1 Å². The largest absolute Gasteiger partial charge is 0.272 e. The van der Waals surface area contributed by atoms with Crippen LogP contribution in [0.3, 0.4) is 0 Å². The van der Waals surface area contributed by atoms with Crippen molar-refractivity contribution in [1.82, 2.24) is 10.0 Å². The van der Waals surface area contributed by atoms with Gasteiger partial charge in [-0.25, -0.2) is 10.0 Å². The predicted molar refractivity (Wildman–Crippen MR) is 101 cm³/mol. The summed E-state index contributed by atoms with van der Waals surface area (Å²) in [4.78, 5) is 26.1. The third-order valence-electron chi connectivity index (χ3n) is 3.72. The van der Waals surface area contributed by atoms with Crippen molar-refractivity contribution in [3.05, 3.63) is 70.7 Å². The van der Waals surface area contributed by atoms with Crippen molar-refractivity contribution in [1.29, 1.82) is 0 Å². The molecule has 2 aromatic carbocycles. The van der Waals surface area contributed by atoms with Crippen LogP contribution in [0.15, 0.2) is 54.6 Å². The maximum atomic E-state index is 13.1. The lowest BCUT2D eigenvalue weighted by Crippen LogP contribution is -2.58. The number of halogens is 1. The Balaban J connectivity index is 2.43. The molecule has 0 N–H and O–H groups in total. The molecular formula is C20H23ClN2O2. The van der Waals surface area contributed by atoms with E-state index in [1.54, 1.807) is 36.4 Å². The Morgan fingerprint density at radius 1 is 0.880 bits per heavy atom. The number of carbonyl (C=O) groups is 2. The van der Waals surface area contributed by atoms with Crippen molar-refractivity contribution in [2.24, 2.45) is 0 Å². The van der Waals surface area contributed by atoms with E-state index in [1.807, 2.05) is 45.9 Å². The lowest BCUT2D eigenvalue weighted by atomic mass is 10.1. The lowest BCUT2D eigenvalue weighted by molar-refractivity contribution is -0.0410. The second-order valence-corrected chi connectivity index (χ2v) is 7.12. The molecule has 132 valence electrons. The van der Waals surface area contributed by atoms with E-state index in [-0.39, 0.29) is 11.8 Å². The van der Waals surface area contributed by atoms with Crippen molar-refractivity contribution in [2.45, 2.75) is 33.2 Å². The zero-order valence-electron chi connectivity index (χ0n) is 15.0. The molecule has 5 heteroatoms. The van der Waals surface area contributed by atoms with Gasteiger partial charge in [0.05, 0.1) is 5.54 Å². The zero-order chi connectivity index (χ0) is 18.6. The van der Waals surface area contributed by atoms with Crippen LogP contribution < -0.4 is 0 Å². The molecule has 0 spiro atoms. The van der Waals surface area contributed by atoms with Crippen molar-refractivity contribution >= 4 is 23.4 Å². The van der Waals surface area contributed by atoms with E-state index >= 15 is 0 Å². The highest BCUT2D eigenvalue weighted by atomic mass is 35.5. The van der Waals surface area contributed by atoms with Gasteiger partial charge in [0.2, 0.25) is 0 Å². The molecule has 0 radical (unpaired) electrons. The van der Waals surface area contributed by atoms with Crippen LogP contribution >= 0.6 is 11.6 Å². The molecule has 0 aliphatic carbocycles. The fraction of sp³-hybridized carbons (Fsp3) is 0.300. The first-order valence-corrected chi connectivity index (χ1v) is 8.60. The Labute approximate surface area is 154 Å². The molecule has 25 heavy (non-hydrogen) atoms.